The second-order valence-corrected chi connectivity index (χ2v) is 6.07. The number of carbonyl (C=O) groups is 1. The zero-order valence-corrected chi connectivity index (χ0v) is 12.8. The quantitative estimate of drug-likeness (QED) is 0.895. The van der Waals surface area contributed by atoms with Crippen LogP contribution in [0.4, 0.5) is 11.4 Å². The fourth-order valence-corrected chi connectivity index (χ4v) is 3.25. The van der Waals surface area contributed by atoms with E-state index in [1.165, 1.54) is 12.8 Å². The molecule has 2 N–H and O–H groups in total. The van der Waals surface area contributed by atoms with E-state index in [9.17, 15) is 4.79 Å². The predicted molar refractivity (Wildman–Crippen MR) is 80.6 cm³/mol. The maximum absolute atomic E-state index is 12.0. The van der Waals surface area contributed by atoms with Crippen molar-refractivity contribution in [1.29, 1.82) is 0 Å². The predicted octanol–water partition coefficient (Wildman–Crippen LogP) is 2.65. The highest BCUT2D eigenvalue weighted by atomic mass is 79.9. The van der Waals surface area contributed by atoms with E-state index in [2.05, 4.69) is 50.6 Å². The lowest BCUT2D eigenvalue weighted by molar-refractivity contribution is -0.117. The number of nitrogens with one attached hydrogen (secondary N) is 2. The highest BCUT2D eigenvalue weighted by Gasteiger charge is 2.33. The fourth-order valence-electron chi connectivity index (χ4n) is 2.61. The monoisotopic (exact) mass is 323 g/mol. The largest absolute Gasteiger partial charge is 0.371 e. The molecule has 1 saturated carbocycles. The summed E-state index contributed by atoms with van der Waals surface area (Å²) in [6.07, 6.45) is 2.51. The topological polar surface area (TPSA) is 44.4 Å². The first kappa shape index (κ1) is 12.9. The molecular weight excluding hydrogens is 306 g/mol. The van der Waals surface area contributed by atoms with Crippen LogP contribution in [0.2, 0.25) is 0 Å². The van der Waals surface area contributed by atoms with Gasteiger partial charge in [-0.3, -0.25) is 4.79 Å². The Morgan fingerprint density at radius 3 is 2.84 bits per heavy atom. The fraction of sp³-hybridized carbons (Fsp3) is 0.500. The van der Waals surface area contributed by atoms with Gasteiger partial charge < -0.3 is 15.5 Å². The lowest BCUT2D eigenvalue weighted by Gasteiger charge is -2.21. The average molecular weight is 324 g/mol. The minimum Gasteiger partial charge on any atom is -0.371 e. The van der Waals surface area contributed by atoms with Crippen LogP contribution in [0.25, 0.3) is 0 Å². The zero-order chi connectivity index (χ0) is 13.6. The highest BCUT2D eigenvalue weighted by Crippen LogP contribution is 2.41. The minimum atomic E-state index is -0.225. The Kier molecular flexibility index (Phi) is 3.27. The SMILES string of the molecule is CCNC1C(=O)Nc2cc(N(C)C3CC3)c(Br)cc21. The molecule has 102 valence electrons. The van der Waals surface area contributed by atoms with Gasteiger partial charge in [-0.2, -0.15) is 0 Å². The first-order valence-corrected chi connectivity index (χ1v) is 7.51. The lowest BCUT2D eigenvalue weighted by Crippen LogP contribution is -2.27. The summed E-state index contributed by atoms with van der Waals surface area (Å²) in [7, 11) is 2.11. The van der Waals surface area contributed by atoms with E-state index >= 15 is 0 Å². The van der Waals surface area contributed by atoms with Crippen LogP contribution in [-0.2, 0) is 4.79 Å². The van der Waals surface area contributed by atoms with Gasteiger partial charge >= 0.3 is 0 Å². The summed E-state index contributed by atoms with van der Waals surface area (Å²) in [5.41, 5.74) is 3.12. The normalized spacial score (nSPS) is 21.2. The van der Waals surface area contributed by atoms with Crippen LogP contribution in [0.1, 0.15) is 31.4 Å². The molecule has 3 rings (SSSR count). The van der Waals surface area contributed by atoms with Gasteiger partial charge in [-0.25, -0.2) is 0 Å². The van der Waals surface area contributed by atoms with Gasteiger partial charge in [0.15, 0.2) is 0 Å². The number of likely N-dealkylation sites (N-methyl/N-ethyl adjacent to an activating group) is 1. The number of hydrogen-bond acceptors (Lipinski definition) is 3. The van der Waals surface area contributed by atoms with Crippen LogP contribution in [0.3, 0.4) is 0 Å². The molecule has 1 fully saturated rings. The molecule has 1 aromatic rings. The number of fused-ring (bicyclic) bond motifs is 1. The molecule has 1 aromatic carbocycles. The van der Waals surface area contributed by atoms with E-state index in [1.54, 1.807) is 0 Å². The van der Waals surface area contributed by atoms with Crippen molar-refractivity contribution in [1.82, 2.24) is 5.32 Å². The van der Waals surface area contributed by atoms with E-state index in [4.69, 9.17) is 0 Å². The maximum Gasteiger partial charge on any atom is 0.246 e. The number of amides is 1. The van der Waals surface area contributed by atoms with Crippen molar-refractivity contribution in [3.8, 4) is 0 Å². The molecule has 0 spiro atoms. The molecule has 1 aliphatic carbocycles. The Balaban J connectivity index is 1.96. The Bertz CT molecular complexity index is 528. The summed E-state index contributed by atoms with van der Waals surface area (Å²) in [5.74, 6) is 0.0370. The Morgan fingerprint density at radius 1 is 1.47 bits per heavy atom. The Hall–Kier alpha value is -1.07. The molecule has 0 bridgehead atoms. The van der Waals surface area contributed by atoms with Crippen molar-refractivity contribution in [2.75, 3.05) is 23.8 Å². The van der Waals surface area contributed by atoms with Gasteiger partial charge in [-0.15, -0.1) is 0 Å². The average Bonchev–Trinajstić information content (AvgIpc) is 3.17. The molecule has 19 heavy (non-hydrogen) atoms. The maximum atomic E-state index is 12.0. The Labute approximate surface area is 121 Å². The standard InChI is InChI=1S/C14H18BrN3O/c1-3-16-13-9-6-10(15)12(18(2)8-4-5-8)7-11(9)17-14(13)19/h6-8,13,16H,3-5H2,1-2H3,(H,17,19). The summed E-state index contributed by atoms with van der Waals surface area (Å²) in [6, 6.07) is 4.56. The lowest BCUT2D eigenvalue weighted by atomic mass is 10.1. The van der Waals surface area contributed by atoms with Crippen LogP contribution in [-0.4, -0.2) is 25.5 Å². The smallest absolute Gasteiger partial charge is 0.246 e. The number of benzene rings is 1. The summed E-state index contributed by atoms with van der Waals surface area (Å²) >= 11 is 3.64. The van der Waals surface area contributed by atoms with Crippen molar-refractivity contribution in [2.24, 2.45) is 0 Å². The first-order chi connectivity index (χ1) is 9.11. The van der Waals surface area contributed by atoms with Gasteiger partial charge in [0.2, 0.25) is 5.91 Å². The molecule has 1 amide bonds. The third-order valence-electron chi connectivity index (χ3n) is 3.83. The number of carbonyl (C=O) groups excluding carboxylic acids is 1. The van der Waals surface area contributed by atoms with E-state index in [0.717, 1.165) is 28.0 Å². The van der Waals surface area contributed by atoms with Crippen molar-refractivity contribution in [3.05, 3.63) is 22.2 Å². The number of anilines is 2. The van der Waals surface area contributed by atoms with Crippen LogP contribution < -0.4 is 15.5 Å². The van der Waals surface area contributed by atoms with E-state index < -0.39 is 0 Å². The van der Waals surface area contributed by atoms with E-state index in [-0.39, 0.29) is 11.9 Å². The second-order valence-electron chi connectivity index (χ2n) is 5.21. The van der Waals surface area contributed by atoms with Crippen molar-refractivity contribution in [2.45, 2.75) is 31.8 Å². The van der Waals surface area contributed by atoms with Crippen LogP contribution >= 0.6 is 15.9 Å². The number of rotatable bonds is 4. The molecule has 1 unspecified atom stereocenters. The number of nitrogens with zero attached hydrogens (tertiary/aromatic N) is 1. The number of hydrogen-bond donors (Lipinski definition) is 2. The summed E-state index contributed by atoms with van der Waals surface area (Å²) in [5, 5.41) is 6.18. The van der Waals surface area contributed by atoms with Gasteiger partial charge in [0.05, 0.1) is 5.69 Å². The van der Waals surface area contributed by atoms with Crippen molar-refractivity contribution in [3.63, 3.8) is 0 Å². The molecule has 1 aliphatic heterocycles. The molecule has 2 aliphatic rings. The second kappa shape index (κ2) is 4.80. The highest BCUT2D eigenvalue weighted by molar-refractivity contribution is 9.10. The van der Waals surface area contributed by atoms with Crippen molar-refractivity contribution >= 4 is 33.2 Å². The Morgan fingerprint density at radius 2 is 2.21 bits per heavy atom. The minimum absolute atomic E-state index is 0.0370. The van der Waals surface area contributed by atoms with Crippen molar-refractivity contribution < 1.29 is 4.79 Å². The molecule has 1 atom stereocenters. The van der Waals surface area contributed by atoms with Gasteiger partial charge in [0.1, 0.15) is 6.04 Å². The van der Waals surface area contributed by atoms with E-state index in [1.807, 2.05) is 6.92 Å². The zero-order valence-electron chi connectivity index (χ0n) is 11.2. The number of halogens is 1. The van der Waals surface area contributed by atoms with Gasteiger partial charge in [-0.05, 0) is 47.4 Å². The van der Waals surface area contributed by atoms with Crippen LogP contribution in [0, 0.1) is 0 Å². The molecule has 0 aromatic heterocycles. The summed E-state index contributed by atoms with van der Waals surface area (Å²) in [4.78, 5) is 14.2. The van der Waals surface area contributed by atoms with Gasteiger partial charge in [0, 0.05) is 28.8 Å². The molecule has 4 nitrogen and oxygen atoms in total. The van der Waals surface area contributed by atoms with Crippen LogP contribution in [0.5, 0.6) is 0 Å². The summed E-state index contributed by atoms with van der Waals surface area (Å²) in [6.45, 7) is 2.79. The van der Waals surface area contributed by atoms with Gasteiger partial charge in [0.25, 0.3) is 0 Å². The molecule has 0 radical (unpaired) electrons. The molecular formula is C14H18BrN3O. The third kappa shape index (κ3) is 2.25. The van der Waals surface area contributed by atoms with Crippen LogP contribution in [0.15, 0.2) is 16.6 Å². The third-order valence-corrected chi connectivity index (χ3v) is 4.47. The first-order valence-electron chi connectivity index (χ1n) is 6.72. The molecule has 5 heteroatoms. The van der Waals surface area contributed by atoms with Gasteiger partial charge in [-0.1, -0.05) is 6.92 Å². The summed E-state index contributed by atoms with van der Waals surface area (Å²) < 4.78 is 1.06. The molecule has 1 heterocycles. The molecule has 0 saturated heterocycles. The van der Waals surface area contributed by atoms with E-state index in [0.29, 0.717) is 6.04 Å².